The van der Waals surface area contributed by atoms with Gasteiger partial charge in [0.25, 0.3) is 0 Å². The zero-order valence-corrected chi connectivity index (χ0v) is 6.88. The van der Waals surface area contributed by atoms with Gasteiger partial charge in [-0.3, -0.25) is 4.79 Å². The summed E-state index contributed by atoms with van der Waals surface area (Å²) in [7, 11) is 0. The second-order valence-corrected chi connectivity index (χ2v) is 2.75. The smallest absolute Gasteiger partial charge is 0.145 e. The van der Waals surface area contributed by atoms with Gasteiger partial charge in [-0.15, -0.1) is 0 Å². The third-order valence-electron chi connectivity index (χ3n) is 1.95. The van der Waals surface area contributed by atoms with Gasteiger partial charge in [-0.05, 0) is 31.8 Å². The highest BCUT2D eigenvalue weighted by atomic mass is 16.5. The molecule has 1 aliphatic rings. The van der Waals surface area contributed by atoms with E-state index in [1.165, 1.54) is 0 Å². The topological polar surface area (TPSA) is 26.3 Å². The number of carbonyl (C=O) groups excluding carboxylic acids is 1. The van der Waals surface area contributed by atoms with Crippen molar-refractivity contribution < 1.29 is 9.53 Å². The van der Waals surface area contributed by atoms with E-state index >= 15 is 0 Å². The molecule has 1 unspecified atom stereocenters. The first-order chi connectivity index (χ1) is 5.36. The number of allylic oxidation sites excluding steroid dienone is 1. The van der Waals surface area contributed by atoms with E-state index in [0.717, 1.165) is 37.7 Å². The van der Waals surface area contributed by atoms with Crippen LogP contribution in [0.25, 0.3) is 0 Å². The van der Waals surface area contributed by atoms with E-state index in [2.05, 4.69) is 0 Å². The van der Waals surface area contributed by atoms with Gasteiger partial charge in [-0.1, -0.05) is 6.08 Å². The number of carbonyl (C=O) groups is 1. The van der Waals surface area contributed by atoms with Crippen molar-refractivity contribution in [3.05, 3.63) is 11.6 Å². The molecule has 0 heterocycles. The van der Waals surface area contributed by atoms with Gasteiger partial charge in [-0.2, -0.15) is 0 Å². The Morgan fingerprint density at radius 1 is 1.82 bits per heavy atom. The number of hydrogen-bond acceptors (Lipinski definition) is 2. The third kappa shape index (κ3) is 2.46. The summed E-state index contributed by atoms with van der Waals surface area (Å²) in [6, 6.07) is 0. The molecule has 0 saturated heterocycles. The average Bonchev–Trinajstić information content (AvgIpc) is 2.07. The Morgan fingerprint density at radius 3 is 3.09 bits per heavy atom. The van der Waals surface area contributed by atoms with Gasteiger partial charge in [0, 0.05) is 6.61 Å². The minimum absolute atomic E-state index is 0.351. The van der Waals surface area contributed by atoms with E-state index in [-0.39, 0.29) is 0 Å². The van der Waals surface area contributed by atoms with Crippen LogP contribution in [0.1, 0.15) is 26.2 Å². The predicted octanol–water partition coefficient (Wildman–Crippen LogP) is 1.70. The van der Waals surface area contributed by atoms with Crippen molar-refractivity contribution in [2.75, 3.05) is 6.61 Å². The summed E-state index contributed by atoms with van der Waals surface area (Å²) >= 11 is 0. The molecule has 0 aliphatic heterocycles. The highest BCUT2D eigenvalue weighted by Crippen LogP contribution is 2.18. The summed E-state index contributed by atoms with van der Waals surface area (Å²) in [6.45, 7) is 2.77. The number of ether oxygens (including phenoxy) is 1. The van der Waals surface area contributed by atoms with Gasteiger partial charge in [0.2, 0.25) is 0 Å². The highest BCUT2D eigenvalue weighted by molar-refractivity contribution is 5.73. The van der Waals surface area contributed by atoms with Crippen LogP contribution in [0.2, 0.25) is 0 Å². The fourth-order valence-electron chi connectivity index (χ4n) is 1.32. The zero-order valence-electron chi connectivity index (χ0n) is 6.88. The Morgan fingerprint density at radius 2 is 2.64 bits per heavy atom. The Hall–Kier alpha value is -0.630. The lowest BCUT2D eigenvalue weighted by Crippen LogP contribution is -2.15. The molecule has 0 radical (unpaired) electrons. The van der Waals surface area contributed by atoms with Gasteiger partial charge >= 0.3 is 0 Å². The van der Waals surface area contributed by atoms with Crippen LogP contribution >= 0.6 is 0 Å². The van der Waals surface area contributed by atoms with E-state index in [1.807, 2.05) is 13.0 Å². The molecule has 0 bridgehead atoms. The Bertz CT molecular complexity index is 161. The van der Waals surface area contributed by atoms with Crippen molar-refractivity contribution in [2.24, 2.45) is 0 Å². The summed E-state index contributed by atoms with van der Waals surface area (Å²) in [5, 5.41) is 0. The van der Waals surface area contributed by atoms with Crippen LogP contribution in [0.5, 0.6) is 0 Å². The maximum absolute atomic E-state index is 10.3. The fourth-order valence-corrected chi connectivity index (χ4v) is 1.32. The van der Waals surface area contributed by atoms with E-state index in [1.54, 1.807) is 0 Å². The second kappa shape index (κ2) is 4.29. The lowest BCUT2D eigenvalue weighted by Gasteiger charge is -2.19. The maximum atomic E-state index is 10.3. The molecule has 0 aromatic heterocycles. The lowest BCUT2D eigenvalue weighted by molar-refractivity contribution is -0.105. The maximum Gasteiger partial charge on any atom is 0.145 e. The molecular weight excluding hydrogens is 140 g/mol. The van der Waals surface area contributed by atoms with Gasteiger partial charge in [0.1, 0.15) is 6.29 Å². The normalized spacial score (nSPS) is 24.5. The Balaban J connectivity index is 2.35. The molecule has 0 spiro atoms. The van der Waals surface area contributed by atoms with E-state index in [4.69, 9.17) is 4.74 Å². The van der Waals surface area contributed by atoms with Crippen molar-refractivity contribution in [3.63, 3.8) is 0 Å². The van der Waals surface area contributed by atoms with Crippen LogP contribution in [0, 0.1) is 0 Å². The standard InChI is InChI=1S/C9H14O2/c1-2-11-9-5-3-8(7-10)4-6-9/h3,7,9H,2,4-6H2,1H3. The van der Waals surface area contributed by atoms with E-state index in [9.17, 15) is 4.79 Å². The van der Waals surface area contributed by atoms with E-state index in [0.29, 0.717) is 6.10 Å². The largest absolute Gasteiger partial charge is 0.378 e. The van der Waals surface area contributed by atoms with Crippen LogP contribution < -0.4 is 0 Å². The highest BCUT2D eigenvalue weighted by Gasteiger charge is 2.12. The zero-order chi connectivity index (χ0) is 8.10. The molecule has 2 heteroatoms. The predicted molar refractivity (Wildman–Crippen MR) is 43.4 cm³/mol. The van der Waals surface area contributed by atoms with Crippen LogP contribution in [0.4, 0.5) is 0 Å². The van der Waals surface area contributed by atoms with E-state index < -0.39 is 0 Å². The second-order valence-electron chi connectivity index (χ2n) is 2.75. The third-order valence-corrected chi connectivity index (χ3v) is 1.95. The van der Waals surface area contributed by atoms with Crippen LogP contribution in [-0.2, 0) is 9.53 Å². The van der Waals surface area contributed by atoms with Gasteiger partial charge in [0.05, 0.1) is 6.10 Å². The number of aldehydes is 1. The Labute approximate surface area is 67.2 Å². The van der Waals surface area contributed by atoms with Crippen LogP contribution in [0.3, 0.4) is 0 Å². The minimum atomic E-state index is 0.351. The van der Waals surface area contributed by atoms with Crippen molar-refractivity contribution in [1.29, 1.82) is 0 Å². The van der Waals surface area contributed by atoms with Crippen molar-refractivity contribution >= 4 is 6.29 Å². The molecule has 11 heavy (non-hydrogen) atoms. The van der Waals surface area contributed by atoms with Gasteiger partial charge < -0.3 is 4.74 Å². The monoisotopic (exact) mass is 154 g/mol. The molecular formula is C9H14O2. The molecule has 1 rings (SSSR count). The molecule has 0 N–H and O–H groups in total. The first-order valence-corrected chi connectivity index (χ1v) is 4.12. The first kappa shape index (κ1) is 8.47. The molecule has 0 amide bonds. The number of hydrogen-bond donors (Lipinski definition) is 0. The van der Waals surface area contributed by atoms with Gasteiger partial charge in [0.15, 0.2) is 0 Å². The molecule has 0 fully saturated rings. The molecule has 62 valence electrons. The van der Waals surface area contributed by atoms with Crippen molar-refractivity contribution in [2.45, 2.75) is 32.3 Å². The minimum Gasteiger partial charge on any atom is -0.378 e. The summed E-state index contributed by atoms with van der Waals surface area (Å²) in [5.74, 6) is 0. The summed E-state index contributed by atoms with van der Waals surface area (Å²) < 4.78 is 5.42. The molecule has 0 aromatic carbocycles. The average molecular weight is 154 g/mol. The molecule has 0 saturated carbocycles. The SMILES string of the molecule is CCOC1CC=C(C=O)CC1. The fraction of sp³-hybridized carbons (Fsp3) is 0.667. The lowest BCUT2D eigenvalue weighted by atomic mass is 9.98. The summed E-state index contributed by atoms with van der Waals surface area (Å²) in [4.78, 5) is 10.3. The van der Waals surface area contributed by atoms with Crippen molar-refractivity contribution in [1.82, 2.24) is 0 Å². The number of rotatable bonds is 3. The molecule has 1 aliphatic carbocycles. The van der Waals surface area contributed by atoms with Crippen molar-refractivity contribution in [3.8, 4) is 0 Å². The van der Waals surface area contributed by atoms with Crippen LogP contribution in [0.15, 0.2) is 11.6 Å². The quantitative estimate of drug-likeness (QED) is 0.578. The Kier molecular flexibility index (Phi) is 3.30. The summed E-state index contributed by atoms with van der Waals surface area (Å²) in [6.07, 6.45) is 6.07. The molecule has 0 aromatic rings. The summed E-state index contributed by atoms with van der Waals surface area (Å²) in [5.41, 5.74) is 0.931. The van der Waals surface area contributed by atoms with Crippen LogP contribution in [-0.4, -0.2) is 19.0 Å². The molecule has 1 atom stereocenters. The first-order valence-electron chi connectivity index (χ1n) is 4.12. The van der Waals surface area contributed by atoms with Gasteiger partial charge in [-0.25, -0.2) is 0 Å². The molecule has 2 nitrogen and oxygen atoms in total.